The van der Waals surface area contributed by atoms with E-state index in [1.54, 1.807) is 0 Å². The summed E-state index contributed by atoms with van der Waals surface area (Å²) in [6.45, 7) is 5.11. The molecule has 0 spiro atoms. The van der Waals surface area contributed by atoms with E-state index in [-0.39, 0.29) is 5.91 Å². The average Bonchev–Trinajstić information content (AvgIpc) is 3.20. The van der Waals surface area contributed by atoms with E-state index in [1.165, 1.54) is 11.1 Å². The average molecular weight is 231 g/mol. The summed E-state index contributed by atoms with van der Waals surface area (Å²) in [5.41, 5.74) is 2.57. The molecule has 1 amide bonds. The van der Waals surface area contributed by atoms with Gasteiger partial charge in [0.15, 0.2) is 0 Å². The molecule has 17 heavy (non-hydrogen) atoms. The minimum absolute atomic E-state index is 0.219. The SMILES string of the molecule is CCC(C)c1ccc(CNC(=O)C2CC2)cc1. The van der Waals surface area contributed by atoms with Gasteiger partial charge in [0.2, 0.25) is 5.91 Å². The molecule has 2 rings (SSSR count). The lowest BCUT2D eigenvalue weighted by molar-refractivity contribution is -0.122. The molecule has 1 aliphatic rings. The largest absolute Gasteiger partial charge is 0.352 e. The fourth-order valence-electron chi connectivity index (χ4n) is 1.88. The number of carbonyl (C=O) groups is 1. The van der Waals surface area contributed by atoms with Gasteiger partial charge in [-0.15, -0.1) is 0 Å². The van der Waals surface area contributed by atoms with Crippen molar-refractivity contribution in [3.05, 3.63) is 35.4 Å². The van der Waals surface area contributed by atoms with Crippen molar-refractivity contribution in [2.75, 3.05) is 0 Å². The summed E-state index contributed by atoms with van der Waals surface area (Å²) >= 11 is 0. The first-order chi connectivity index (χ1) is 8.20. The van der Waals surface area contributed by atoms with Crippen LogP contribution in [0.1, 0.15) is 50.2 Å². The lowest BCUT2D eigenvalue weighted by Crippen LogP contribution is -2.24. The molecular weight excluding hydrogens is 210 g/mol. The van der Waals surface area contributed by atoms with Crippen LogP contribution in [0.2, 0.25) is 0 Å². The van der Waals surface area contributed by atoms with Gasteiger partial charge in [0.1, 0.15) is 0 Å². The Balaban J connectivity index is 1.86. The van der Waals surface area contributed by atoms with E-state index in [9.17, 15) is 4.79 Å². The zero-order valence-corrected chi connectivity index (χ0v) is 10.7. The molecule has 1 N–H and O–H groups in total. The van der Waals surface area contributed by atoms with E-state index in [0.29, 0.717) is 18.4 Å². The molecule has 1 aromatic carbocycles. The number of hydrogen-bond donors (Lipinski definition) is 1. The third-order valence-electron chi connectivity index (χ3n) is 3.58. The van der Waals surface area contributed by atoms with Crippen LogP contribution in [0, 0.1) is 5.92 Å². The number of nitrogens with one attached hydrogen (secondary N) is 1. The van der Waals surface area contributed by atoms with Gasteiger partial charge >= 0.3 is 0 Å². The van der Waals surface area contributed by atoms with Crippen LogP contribution in [-0.4, -0.2) is 5.91 Å². The molecule has 0 saturated heterocycles. The van der Waals surface area contributed by atoms with Gasteiger partial charge < -0.3 is 5.32 Å². The van der Waals surface area contributed by atoms with E-state index >= 15 is 0 Å². The Morgan fingerprint density at radius 1 is 1.35 bits per heavy atom. The lowest BCUT2D eigenvalue weighted by atomic mass is 9.98. The van der Waals surface area contributed by atoms with Crippen molar-refractivity contribution in [3.63, 3.8) is 0 Å². The molecule has 0 aromatic heterocycles. The number of hydrogen-bond acceptors (Lipinski definition) is 1. The summed E-state index contributed by atoms with van der Waals surface area (Å²) < 4.78 is 0. The van der Waals surface area contributed by atoms with Crippen molar-refractivity contribution in [2.45, 2.75) is 45.6 Å². The molecule has 2 nitrogen and oxygen atoms in total. The summed E-state index contributed by atoms with van der Waals surface area (Å²) in [6.07, 6.45) is 3.30. The lowest BCUT2D eigenvalue weighted by Gasteiger charge is -2.10. The quantitative estimate of drug-likeness (QED) is 0.828. The van der Waals surface area contributed by atoms with Crippen molar-refractivity contribution in [1.29, 1.82) is 0 Å². The monoisotopic (exact) mass is 231 g/mol. The van der Waals surface area contributed by atoms with Gasteiger partial charge in [-0.3, -0.25) is 4.79 Å². The van der Waals surface area contributed by atoms with Crippen LogP contribution >= 0.6 is 0 Å². The summed E-state index contributed by atoms with van der Waals surface area (Å²) in [4.78, 5) is 11.5. The number of amides is 1. The topological polar surface area (TPSA) is 29.1 Å². The molecule has 1 unspecified atom stereocenters. The Bertz CT molecular complexity index is 378. The third kappa shape index (κ3) is 3.32. The van der Waals surface area contributed by atoms with Crippen molar-refractivity contribution >= 4 is 5.91 Å². The summed E-state index contributed by atoms with van der Waals surface area (Å²) in [6, 6.07) is 8.59. The van der Waals surface area contributed by atoms with E-state index < -0.39 is 0 Å². The first-order valence-electron chi connectivity index (χ1n) is 6.57. The number of carbonyl (C=O) groups excluding carboxylic acids is 1. The van der Waals surface area contributed by atoms with Crippen LogP contribution in [0.15, 0.2) is 24.3 Å². The highest BCUT2D eigenvalue weighted by Crippen LogP contribution is 2.28. The van der Waals surface area contributed by atoms with E-state index in [1.807, 2.05) is 0 Å². The van der Waals surface area contributed by atoms with E-state index in [0.717, 1.165) is 19.3 Å². The van der Waals surface area contributed by atoms with Crippen LogP contribution in [0.3, 0.4) is 0 Å². The molecule has 1 saturated carbocycles. The van der Waals surface area contributed by atoms with Crippen molar-refractivity contribution in [3.8, 4) is 0 Å². The third-order valence-corrected chi connectivity index (χ3v) is 3.58. The normalized spacial score (nSPS) is 16.6. The second-order valence-corrected chi connectivity index (χ2v) is 5.04. The first kappa shape index (κ1) is 12.2. The Labute approximate surface area is 103 Å². The Morgan fingerprint density at radius 2 is 2.00 bits per heavy atom. The molecule has 1 atom stereocenters. The van der Waals surface area contributed by atoms with Crippen LogP contribution < -0.4 is 5.32 Å². The molecule has 1 aromatic rings. The second kappa shape index (κ2) is 5.35. The number of benzene rings is 1. The van der Waals surface area contributed by atoms with Gasteiger partial charge in [-0.25, -0.2) is 0 Å². The summed E-state index contributed by atoms with van der Waals surface area (Å²) in [5, 5.41) is 2.98. The molecule has 1 aliphatic carbocycles. The Morgan fingerprint density at radius 3 is 2.53 bits per heavy atom. The van der Waals surface area contributed by atoms with Crippen molar-refractivity contribution in [2.24, 2.45) is 5.92 Å². The van der Waals surface area contributed by atoms with Gasteiger partial charge in [-0.05, 0) is 36.3 Å². The van der Waals surface area contributed by atoms with Gasteiger partial charge in [-0.2, -0.15) is 0 Å². The Hall–Kier alpha value is -1.31. The fourth-order valence-corrected chi connectivity index (χ4v) is 1.88. The molecule has 0 heterocycles. The molecule has 2 heteroatoms. The molecule has 1 fully saturated rings. The predicted molar refractivity (Wildman–Crippen MR) is 69.7 cm³/mol. The minimum atomic E-state index is 0.219. The van der Waals surface area contributed by atoms with Crippen molar-refractivity contribution < 1.29 is 4.79 Å². The molecule has 0 bridgehead atoms. The molecular formula is C15H21NO. The second-order valence-electron chi connectivity index (χ2n) is 5.04. The Kier molecular flexibility index (Phi) is 3.82. The highest BCUT2D eigenvalue weighted by Gasteiger charge is 2.29. The van der Waals surface area contributed by atoms with E-state index in [2.05, 4.69) is 43.4 Å². The summed E-state index contributed by atoms with van der Waals surface area (Å²) in [7, 11) is 0. The highest BCUT2D eigenvalue weighted by molar-refractivity contribution is 5.80. The van der Waals surface area contributed by atoms with Crippen LogP contribution in [0.5, 0.6) is 0 Å². The maximum Gasteiger partial charge on any atom is 0.223 e. The van der Waals surface area contributed by atoms with Gasteiger partial charge in [-0.1, -0.05) is 38.1 Å². The maximum atomic E-state index is 11.5. The van der Waals surface area contributed by atoms with Crippen LogP contribution in [-0.2, 0) is 11.3 Å². The molecule has 0 aliphatic heterocycles. The molecule has 0 radical (unpaired) electrons. The minimum Gasteiger partial charge on any atom is -0.352 e. The smallest absolute Gasteiger partial charge is 0.223 e. The van der Waals surface area contributed by atoms with Crippen molar-refractivity contribution in [1.82, 2.24) is 5.32 Å². The van der Waals surface area contributed by atoms with Gasteiger partial charge in [0, 0.05) is 12.5 Å². The highest BCUT2D eigenvalue weighted by atomic mass is 16.2. The van der Waals surface area contributed by atoms with Crippen LogP contribution in [0.25, 0.3) is 0 Å². The van der Waals surface area contributed by atoms with Gasteiger partial charge in [0.25, 0.3) is 0 Å². The van der Waals surface area contributed by atoms with Gasteiger partial charge in [0.05, 0.1) is 0 Å². The predicted octanol–water partition coefficient (Wildman–Crippen LogP) is 3.23. The zero-order valence-electron chi connectivity index (χ0n) is 10.7. The first-order valence-corrected chi connectivity index (χ1v) is 6.57. The maximum absolute atomic E-state index is 11.5. The van der Waals surface area contributed by atoms with E-state index in [4.69, 9.17) is 0 Å². The number of rotatable bonds is 5. The summed E-state index contributed by atoms with van der Waals surface area (Å²) in [5.74, 6) is 1.13. The van der Waals surface area contributed by atoms with Crippen LogP contribution in [0.4, 0.5) is 0 Å². The zero-order chi connectivity index (χ0) is 12.3. The standard InChI is InChI=1S/C15H21NO/c1-3-11(2)13-6-4-12(5-7-13)10-16-15(17)14-8-9-14/h4-7,11,14H,3,8-10H2,1-2H3,(H,16,17). The fraction of sp³-hybridized carbons (Fsp3) is 0.533. The molecule has 92 valence electrons.